The van der Waals surface area contributed by atoms with Crippen LogP contribution >= 0.6 is 11.6 Å². The number of benzene rings is 1. The molecule has 0 bridgehead atoms. The maximum absolute atomic E-state index is 13.2. The van der Waals surface area contributed by atoms with Crippen LogP contribution in [0.1, 0.15) is 27.2 Å². The van der Waals surface area contributed by atoms with Gasteiger partial charge in [-0.05, 0) is 39.0 Å². The summed E-state index contributed by atoms with van der Waals surface area (Å²) < 4.78 is 13.2. The van der Waals surface area contributed by atoms with Gasteiger partial charge < -0.3 is 16.4 Å². The van der Waals surface area contributed by atoms with Crippen molar-refractivity contribution in [2.75, 3.05) is 11.9 Å². The van der Waals surface area contributed by atoms with Gasteiger partial charge in [-0.3, -0.25) is 4.79 Å². The molecule has 0 aliphatic rings. The molecular formula is C14H21ClFN3O. The summed E-state index contributed by atoms with van der Waals surface area (Å²) in [6.07, 6.45) is 0.195. The minimum absolute atomic E-state index is 0.118. The Morgan fingerprint density at radius 1 is 1.45 bits per heavy atom. The van der Waals surface area contributed by atoms with Crippen molar-refractivity contribution < 1.29 is 9.18 Å². The molecule has 1 rings (SSSR count). The Kier molecular flexibility index (Phi) is 5.77. The van der Waals surface area contributed by atoms with Crippen LogP contribution in [-0.2, 0) is 4.79 Å². The van der Waals surface area contributed by atoms with Crippen LogP contribution in [-0.4, -0.2) is 24.0 Å². The first-order valence-electron chi connectivity index (χ1n) is 6.44. The van der Waals surface area contributed by atoms with Crippen LogP contribution in [0, 0.1) is 5.82 Å². The number of nitrogens with two attached hydrogens (primary N) is 1. The van der Waals surface area contributed by atoms with Crippen molar-refractivity contribution >= 4 is 23.2 Å². The largest absolute Gasteiger partial charge is 0.379 e. The van der Waals surface area contributed by atoms with E-state index < -0.39 is 5.82 Å². The molecule has 0 heterocycles. The molecule has 0 spiro atoms. The SMILES string of the molecule is CC(C)(C)NC(=O)CC(CN)Nc1cc(F)ccc1Cl. The predicted molar refractivity (Wildman–Crippen MR) is 80.4 cm³/mol. The molecule has 0 saturated carbocycles. The molecule has 4 N–H and O–H groups in total. The van der Waals surface area contributed by atoms with E-state index in [0.29, 0.717) is 10.7 Å². The van der Waals surface area contributed by atoms with Crippen molar-refractivity contribution in [3.05, 3.63) is 29.0 Å². The van der Waals surface area contributed by atoms with Gasteiger partial charge in [-0.15, -0.1) is 0 Å². The molecule has 1 unspecified atom stereocenters. The average molecular weight is 302 g/mol. The van der Waals surface area contributed by atoms with Crippen LogP contribution in [0.2, 0.25) is 5.02 Å². The van der Waals surface area contributed by atoms with Crippen molar-refractivity contribution in [1.82, 2.24) is 5.32 Å². The van der Waals surface area contributed by atoms with Crippen LogP contribution in [0.4, 0.5) is 10.1 Å². The summed E-state index contributed by atoms with van der Waals surface area (Å²) in [5, 5.41) is 6.24. The number of amides is 1. The smallest absolute Gasteiger partial charge is 0.222 e. The molecule has 1 atom stereocenters. The predicted octanol–water partition coefficient (Wildman–Crippen LogP) is 2.52. The lowest BCUT2D eigenvalue weighted by Gasteiger charge is -2.23. The number of hydrogen-bond acceptors (Lipinski definition) is 3. The Morgan fingerprint density at radius 2 is 2.10 bits per heavy atom. The van der Waals surface area contributed by atoms with Crippen molar-refractivity contribution in [3.63, 3.8) is 0 Å². The molecule has 0 aliphatic carbocycles. The minimum Gasteiger partial charge on any atom is -0.379 e. The molecule has 0 aromatic heterocycles. The van der Waals surface area contributed by atoms with Gasteiger partial charge in [0, 0.05) is 24.5 Å². The zero-order valence-corrected chi connectivity index (χ0v) is 12.7. The number of anilines is 1. The molecule has 0 fully saturated rings. The van der Waals surface area contributed by atoms with E-state index in [0.717, 1.165) is 0 Å². The van der Waals surface area contributed by atoms with Crippen molar-refractivity contribution in [3.8, 4) is 0 Å². The van der Waals surface area contributed by atoms with E-state index in [1.165, 1.54) is 18.2 Å². The van der Waals surface area contributed by atoms with Crippen LogP contribution < -0.4 is 16.4 Å². The quantitative estimate of drug-likeness (QED) is 0.783. The summed E-state index contributed by atoms with van der Waals surface area (Å²) >= 11 is 5.97. The monoisotopic (exact) mass is 301 g/mol. The Labute approximate surface area is 123 Å². The number of carbonyl (C=O) groups is 1. The van der Waals surface area contributed by atoms with E-state index >= 15 is 0 Å². The molecule has 0 saturated heterocycles. The first-order chi connectivity index (χ1) is 9.21. The standard InChI is InChI=1S/C14H21ClFN3O/c1-14(2,3)19-13(20)7-10(8-17)18-12-6-9(16)4-5-11(12)15/h4-6,10,18H,7-8,17H2,1-3H3,(H,19,20). The molecule has 112 valence electrons. The van der Waals surface area contributed by atoms with Gasteiger partial charge in [0.15, 0.2) is 0 Å². The number of nitrogens with one attached hydrogen (secondary N) is 2. The van der Waals surface area contributed by atoms with Gasteiger partial charge in [-0.1, -0.05) is 11.6 Å². The summed E-state index contributed by atoms with van der Waals surface area (Å²) in [6, 6.07) is 3.71. The molecule has 0 aliphatic heterocycles. The second-order valence-corrected chi connectivity index (χ2v) is 6.11. The van der Waals surface area contributed by atoms with Gasteiger partial charge in [0.05, 0.1) is 10.7 Å². The fourth-order valence-corrected chi connectivity index (χ4v) is 1.89. The lowest BCUT2D eigenvalue weighted by Crippen LogP contribution is -2.44. The molecule has 1 amide bonds. The summed E-state index contributed by atoms with van der Waals surface area (Å²) in [5.41, 5.74) is 5.78. The summed E-state index contributed by atoms with van der Waals surface area (Å²) in [7, 11) is 0. The van der Waals surface area contributed by atoms with Crippen LogP contribution in [0.3, 0.4) is 0 Å². The normalized spacial score (nSPS) is 12.9. The number of carbonyl (C=O) groups excluding carboxylic acids is 1. The number of rotatable bonds is 5. The lowest BCUT2D eigenvalue weighted by molar-refractivity contribution is -0.122. The highest BCUT2D eigenvalue weighted by atomic mass is 35.5. The summed E-state index contributed by atoms with van der Waals surface area (Å²) in [6.45, 7) is 5.95. The van der Waals surface area contributed by atoms with Gasteiger partial charge >= 0.3 is 0 Å². The zero-order valence-electron chi connectivity index (χ0n) is 12.0. The number of halogens is 2. The molecular weight excluding hydrogens is 281 g/mol. The van der Waals surface area contributed by atoms with Crippen LogP contribution in [0.15, 0.2) is 18.2 Å². The van der Waals surface area contributed by atoms with E-state index in [4.69, 9.17) is 17.3 Å². The first kappa shape index (κ1) is 16.7. The second kappa shape index (κ2) is 6.90. The third kappa shape index (κ3) is 5.75. The van der Waals surface area contributed by atoms with Gasteiger partial charge in [-0.2, -0.15) is 0 Å². The van der Waals surface area contributed by atoms with Crippen molar-refractivity contribution in [2.24, 2.45) is 5.73 Å². The van der Waals surface area contributed by atoms with Gasteiger partial charge in [0.2, 0.25) is 5.91 Å². The molecule has 6 heteroatoms. The van der Waals surface area contributed by atoms with E-state index in [2.05, 4.69) is 10.6 Å². The summed E-state index contributed by atoms with van der Waals surface area (Å²) in [4.78, 5) is 11.9. The first-order valence-corrected chi connectivity index (χ1v) is 6.82. The highest BCUT2D eigenvalue weighted by Crippen LogP contribution is 2.23. The average Bonchev–Trinajstić information content (AvgIpc) is 2.30. The Morgan fingerprint density at radius 3 is 2.65 bits per heavy atom. The van der Waals surface area contributed by atoms with Crippen molar-refractivity contribution in [1.29, 1.82) is 0 Å². The third-order valence-corrected chi connectivity index (χ3v) is 2.85. The van der Waals surface area contributed by atoms with E-state index in [1.54, 1.807) is 0 Å². The highest BCUT2D eigenvalue weighted by molar-refractivity contribution is 6.33. The van der Waals surface area contributed by atoms with Crippen LogP contribution in [0.25, 0.3) is 0 Å². The van der Waals surface area contributed by atoms with E-state index in [-0.39, 0.29) is 30.5 Å². The highest BCUT2D eigenvalue weighted by Gasteiger charge is 2.18. The van der Waals surface area contributed by atoms with Gasteiger partial charge in [0.25, 0.3) is 0 Å². The van der Waals surface area contributed by atoms with E-state index in [1.807, 2.05) is 20.8 Å². The van der Waals surface area contributed by atoms with Gasteiger partial charge in [-0.25, -0.2) is 4.39 Å². The molecule has 20 heavy (non-hydrogen) atoms. The molecule has 4 nitrogen and oxygen atoms in total. The van der Waals surface area contributed by atoms with E-state index in [9.17, 15) is 9.18 Å². The van der Waals surface area contributed by atoms with Crippen LogP contribution in [0.5, 0.6) is 0 Å². The lowest BCUT2D eigenvalue weighted by atomic mass is 10.1. The molecule has 1 aromatic rings. The Hall–Kier alpha value is -1.33. The maximum atomic E-state index is 13.2. The zero-order chi connectivity index (χ0) is 15.3. The topological polar surface area (TPSA) is 67.2 Å². The summed E-state index contributed by atoms with van der Waals surface area (Å²) in [5.74, 6) is -0.514. The fraction of sp³-hybridized carbons (Fsp3) is 0.500. The Bertz CT molecular complexity index is 474. The third-order valence-electron chi connectivity index (χ3n) is 2.52. The maximum Gasteiger partial charge on any atom is 0.222 e. The van der Waals surface area contributed by atoms with Gasteiger partial charge in [0.1, 0.15) is 5.82 Å². The minimum atomic E-state index is -0.396. The molecule has 0 radical (unpaired) electrons. The number of hydrogen-bond donors (Lipinski definition) is 3. The Balaban J connectivity index is 2.68. The van der Waals surface area contributed by atoms with Crippen molar-refractivity contribution in [2.45, 2.75) is 38.8 Å². The second-order valence-electron chi connectivity index (χ2n) is 5.70. The fourth-order valence-electron chi connectivity index (χ4n) is 1.71. The molecule has 1 aromatic carbocycles.